The Hall–Kier alpha value is -1.44. The van der Waals surface area contributed by atoms with Crippen molar-refractivity contribution in [2.45, 2.75) is 44.2 Å². The molecule has 2 heteroatoms. The van der Waals surface area contributed by atoms with Gasteiger partial charge in [-0.1, -0.05) is 24.3 Å². The summed E-state index contributed by atoms with van der Waals surface area (Å²) in [6.07, 6.45) is 9.72. The minimum absolute atomic E-state index is 0.149. The van der Waals surface area contributed by atoms with E-state index in [4.69, 9.17) is 4.74 Å². The second-order valence-corrected chi connectivity index (χ2v) is 5.83. The molecule has 1 saturated heterocycles. The molecule has 3 aliphatic rings. The molecule has 4 rings (SSSR count). The van der Waals surface area contributed by atoms with E-state index in [1.807, 2.05) is 0 Å². The van der Waals surface area contributed by atoms with Crippen LogP contribution in [0.15, 0.2) is 36.0 Å². The van der Waals surface area contributed by atoms with Gasteiger partial charge < -0.3 is 10.1 Å². The number of fused-ring (bicyclic) bond motifs is 2. The quantitative estimate of drug-likeness (QED) is 0.751. The summed E-state index contributed by atoms with van der Waals surface area (Å²) in [5.41, 5.74) is 2.64. The van der Waals surface area contributed by atoms with E-state index >= 15 is 0 Å². The van der Waals surface area contributed by atoms with E-state index in [1.165, 1.54) is 36.9 Å². The molecule has 2 aliphatic heterocycles. The molecule has 1 aliphatic carbocycles. The van der Waals surface area contributed by atoms with Crippen molar-refractivity contribution >= 4 is 0 Å². The van der Waals surface area contributed by atoms with Gasteiger partial charge in [0.1, 0.15) is 5.75 Å². The van der Waals surface area contributed by atoms with Gasteiger partial charge >= 0.3 is 0 Å². The fourth-order valence-electron chi connectivity index (χ4n) is 3.64. The topological polar surface area (TPSA) is 21.3 Å². The Morgan fingerprint density at radius 1 is 1.22 bits per heavy atom. The van der Waals surface area contributed by atoms with E-state index in [2.05, 4.69) is 35.7 Å². The van der Waals surface area contributed by atoms with Crippen LogP contribution in [0.1, 0.15) is 37.7 Å². The molecule has 0 bridgehead atoms. The second kappa shape index (κ2) is 3.78. The molecule has 2 unspecified atom stereocenters. The van der Waals surface area contributed by atoms with Crippen LogP contribution < -0.4 is 10.1 Å². The first-order valence-corrected chi connectivity index (χ1v) is 7.10. The van der Waals surface area contributed by atoms with E-state index < -0.39 is 0 Å². The maximum absolute atomic E-state index is 6.23. The van der Waals surface area contributed by atoms with Gasteiger partial charge in [-0.05, 0) is 37.7 Å². The predicted molar refractivity (Wildman–Crippen MR) is 71.3 cm³/mol. The maximum atomic E-state index is 6.23. The van der Waals surface area contributed by atoms with Crippen LogP contribution in [0.5, 0.6) is 5.75 Å². The number of nitrogens with one attached hydrogen (secondary N) is 1. The summed E-state index contributed by atoms with van der Waals surface area (Å²) in [6.45, 7) is 0. The molecule has 2 heterocycles. The molecule has 0 saturated carbocycles. The average Bonchev–Trinajstić information content (AvgIpc) is 2.76. The lowest BCUT2D eigenvalue weighted by molar-refractivity contribution is 0.0287. The zero-order valence-corrected chi connectivity index (χ0v) is 10.6. The number of hydrogen-bond acceptors (Lipinski definition) is 2. The number of allylic oxidation sites excluding steroid dienone is 2. The lowest BCUT2D eigenvalue weighted by Gasteiger charge is -2.41. The molecule has 1 aromatic carbocycles. The van der Waals surface area contributed by atoms with Gasteiger partial charge in [0, 0.05) is 24.1 Å². The highest BCUT2D eigenvalue weighted by molar-refractivity contribution is 5.39. The smallest absolute Gasteiger partial charge is 0.184 e. The number of benzene rings is 1. The van der Waals surface area contributed by atoms with Crippen LogP contribution in [0.4, 0.5) is 0 Å². The van der Waals surface area contributed by atoms with Gasteiger partial charge in [0.25, 0.3) is 0 Å². The number of piperidine rings is 1. The lowest BCUT2D eigenvalue weighted by Crippen LogP contribution is -2.53. The SMILES string of the molecule is C1=C2NC3(CCC2CCC1)Cc1ccccc1O3. The summed E-state index contributed by atoms with van der Waals surface area (Å²) in [5, 5.41) is 3.72. The van der Waals surface area contributed by atoms with Crippen molar-refractivity contribution < 1.29 is 4.74 Å². The largest absolute Gasteiger partial charge is 0.468 e. The summed E-state index contributed by atoms with van der Waals surface area (Å²) >= 11 is 0. The summed E-state index contributed by atoms with van der Waals surface area (Å²) in [7, 11) is 0. The number of hydrogen-bond donors (Lipinski definition) is 1. The summed E-state index contributed by atoms with van der Waals surface area (Å²) < 4.78 is 6.23. The minimum Gasteiger partial charge on any atom is -0.468 e. The number of rotatable bonds is 0. The van der Waals surface area contributed by atoms with Crippen LogP contribution in [0.25, 0.3) is 0 Å². The summed E-state index contributed by atoms with van der Waals surface area (Å²) in [5.74, 6) is 1.83. The van der Waals surface area contributed by atoms with Gasteiger partial charge in [-0.2, -0.15) is 0 Å². The highest BCUT2D eigenvalue weighted by Crippen LogP contribution is 2.42. The van der Waals surface area contributed by atoms with Crippen LogP contribution in [-0.4, -0.2) is 5.72 Å². The number of ether oxygens (including phenoxy) is 1. The van der Waals surface area contributed by atoms with Gasteiger partial charge in [0.2, 0.25) is 0 Å². The average molecular weight is 241 g/mol. The molecule has 1 spiro atoms. The van der Waals surface area contributed by atoms with E-state index in [0.717, 1.165) is 24.5 Å². The Bertz CT molecular complexity index is 481. The second-order valence-electron chi connectivity index (χ2n) is 5.83. The van der Waals surface area contributed by atoms with Crippen LogP contribution in [0.2, 0.25) is 0 Å². The molecule has 2 nitrogen and oxygen atoms in total. The first kappa shape index (κ1) is 10.5. The zero-order chi connectivity index (χ0) is 12.0. The van der Waals surface area contributed by atoms with Crippen LogP contribution in [0, 0.1) is 5.92 Å². The highest BCUT2D eigenvalue weighted by atomic mass is 16.5. The fourth-order valence-corrected chi connectivity index (χ4v) is 3.64. The molecule has 2 atom stereocenters. The lowest BCUT2D eigenvalue weighted by atomic mass is 9.81. The van der Waals surface area contributed by atoms with Crippen molar-refractivity contribution in [3.05, 3.63) is 41.6 Å². The molecule has 1 aromatic rings. The first-order valence-electron chi connectivity index (χ1n) is 7.10. The van der Waals surface area contributed by atoms with E-state index in [1.54, 1.807) is 0 Å². The van der Waals surface area contributed by atoms with Crippen molar-refractivity contribution in [1.82, 2.24) is 5.32 Å². The molecule has 0 amide bonds. The predicted octanol–water partition coefficient (Wildman–Crippen LogP) is 3.39. The minimum atomic E-state index is -0.149. The first-order chi connectivity index (χ1) is 8.85. The molecular weight excluding hydrogens is 222 g/mol. The third-order valence-electron chi connectivity index (χ3n) is 4.58. The van der Waals surface area contributed by atoms with E-state index in [9.17, 15) is 0 Å². The van der Waals surface area contributed by atoms with E-state index in [-0.39, 0.29) is 5.72 Å². The van der Waals surface area contributed by atoms with Crippen LogP contribution >= 0.6 is 0 Å². The molecule has 94 valence electrons. The van der Waals surface area contributed by atoms with E-state index in [0.29, 0.717) is 0 Å². The molecule has 1 fully saturated rings. The Balaban J connectivity index is 1.62. The third-order valence-corrected chi connectivity index (χ3v) is 4.58. The molecule has 0 aromatic heterocycles. The van der Waals surface area contributed by atoms with Crippen molar-refractivity contribution in [1.29, 1.82) is 0 Å². The standard InChI is InChI=1S/C16H19NO/c1-3-7-14-12(5-1)9-10-16(17-14)11-13-6-2-4-8-15(13)18-16/h2,4,6-8,12,17H,1,3,5,9-11H2. The van der Waals surface area contributed by atoms with Gasteiger partial charge in [0.15, 0.2) is 5.72 Å². The van der Waals surface area contributed by atoms with Gasteiger partial charge in [-0.3, -0.25) is 0 Å². The molecule has 18 heavy (non-hydrogen) atoms. The highest BCUT2D eigenvalue weighted by Gasteiger charge is 2.44. The monoisotopic (exact) mass is 241 g/mol. The van der Waals surface area contributed by atoms with Crippen molar-refractivity contribution in [3.63, 3.8) is 0 Å². The van der Waals surface area contributed by atoms with Crippen molar-refractivity contribution in [3.8, 4) is 5.75 Å². The molecule has 0 radical (unpaired) electrons. The number of para-hydroxylation sites is 1. The fraction of sp³-hybridized carbons (Fsp3) is 0.500. The normalized spacial score (nSPS) is 33.1. The van der Waals surface area contributed by atoms with Gasteiger partial charge in [0.05, 0.1) is 0 Å². The molecule has 1 N–H and O–H groups in total. The van der Waals surface area contributed by atoms with Gasteiger partial charge in [-0.25, -0.2) is 0 Å². The Labute approximate surface area is 108 Å². The van der Waals surface area contributed by atoms with Gasteiger partial charge in [-0.15, -0.1) is 0 Å². The van der Waals surface area contributed by atoms with Crippen LogP contribution in [0.3, 0.4) is 0 Å². The van der Waals surface area contributed by atoms with Crippen molar-refractivity contribution in [2.75, 3.05) is 0 Å². The Morgan fingerprint density at radius 2 is 2.17 bits per heavy atom. The Morgan fingerprint density at radius 3 is 3.11 bits per heavy atom. The van der Waals surface area contributed by atoms with Crippen LogP contribution in [-0.2, 0) is 6.42 Å². The zero-order valence-electron chi connectivity index (χ0n) is 10.6. The van der Waals surface area contributed by atoms with Crippen molar-refractivity contribution in [2.24, 2.45) is 5.92 Å². The third kappa shape index (κ3) is 1.55. The molecular formula is C16H19NO. The summed E-state index contributed by atoms with van der Waals surface area (Å²) in [6, 6.07) is 8.44. The maximum Gasteiger partial charge on any atom is 0.184 e. The Kier molecular flexibility index (Phi) is 2.20. The summed E-state index contributed by atoms with van der Waals surface area (Å²) in [4.78, 5) is 0.